The highest BCUT2D eigenvalue weighted by molar-refractivity contribution is 7.10. The summed E-state index contributed by atoms with van der Waals surface area (Å²) in [6.45, 7) is 4.58. The molecule has 1 fully saturated rings. The number of hydrogen-bond acceptors (Lipinski definition) is 4. The maximum absolute atomic E-state index is 12.7. The lowest BCUT2D eigenvalue weighted by Gasteiger charge is -2.31. The Kier molecular flexibility index (Phi) is 7.13. The molecule has 2 heterocycles. The van der Waals surface area contributed by atoms with Gasteiger partial charge in [0.25, 0.3) is 5.91 Å². The molecule has 0 bridgehead atoms. The molecule has 0 aliphatic carbocycles. The first-order chi connectivity index (χ1) is 14.8. The highest BCUT2D eigenvalue weighted by atomic mass is 32.1. The minimum Gasteiger partial charge on any atom is -0.489 e. The monoisotopic (exact) mass is 423 g/mol. The molecule has 1 amide bonds. The van der Waals surface area contributed by atoms with Gasteiger partial charge in [0.15, 0.2) is 0 Å². The van der Waals surface area contributed by atoms with E-state index in [-0.39, 0.29) is 11.9 Å². The maximum atomic E-state index is 12.7. The van der Waals surface area contributed by atoms with Gasteiger partial charge in [0.2, 0.25) is 0 Å². The first-order valence-corrected chi connectivity index (χ1v) is 11.2. The number of ether oxygens (including phenoxy) is 2. The van der Waals surface area contributed by atoms with Crippen molar-refractivity contribution in [3.63, 3.8) is 0 Å². The number of benzene rings is 2. The van der Waals surface area contributed by atoms with Crippen LogP contribution in [0.1, 0.15) is 26.8 Å². The zero-order valence-corrected chi connectivity index (χ0v) is 17.7. The van der Waals surface area contributed by atoms with Crippen molar-refractivity contribution >= 4 is 17.2 Å². The summed E-state index contributed by atoms with van der Waals surface area (Å²) in [4.78, 5) is 15.5. The Bertz CT molecular complexity index is 907. The molecule has 6 heteroatoms. The Morgan fingerprint density at radius 3 is 2.50 bits per heavy atom. The third kappa shape index (κ3) is 5.48. The van der Waals surface area contributed by atoms with E-state index >= 15 is 0 Å². The van der Waals surface area contributed by atoms with Crippen LogP contribution in [0.15, 0.2) is 72.1 Å². The number of quaternary nitrogens is 1. The lowest BCUT2D eigenvalue weighted by molar-refractivity contribution is -0.937. The molecule has 1 aromatic heterocycles. The van der Waals surface area contributed by atoms with E-state index in [1.54, 1.807) is 11.3 Å². The average Bonchev–Trinajstić information content (AvgIpc) is 3.34. The van der Waals surface area contributed by atoms with Crippen LogP contribution in [0.4, 0.5) is 0 Å². The quantitative estimate of drug-likeness (QED) is 0.586. The van der Waals surface area contributed by atoms with E-state index in [1.165, 1.54) is 9.78 Å². The predicted octanol–water partition coefficient (Wildman–Crippen LogP) is 2.71. The van der Waals surface area contributed by atoms with Crippen LogP contribution in [0.2, 0.25) is 0 Å². The Labute approximate surface area is 181 Å². The van der Waals surface area contributed by atoms with Crippen molar-refractivity contribution in [3.05, 3.63) is 88.1 Å². The fraction of sp³-hybridized carbons (Fsp3) is 0.292. The van der Waals surface area contributed by atoms with Crippen LogP contribution in [0, 0.1) is 0 Å². The smallest absolute Gasteiger partial charge is 0.251 e. The van der Waals surface area contributed by atoms with E-state index in [4.69, 9.17) is 9.47 Å². The molecule has 2 N–H and O–H groups in total. The first-order valence-electron chi connectivity index (χ1n) is 10.3. The van der Waals surface area contributed by atoms with E-state index in [1.807, 2.05) is 54.6 Å². The van der Waals surface area contributed by atoms with Crippen molar-refractivity contribution in [1.29, 1.82) is 0 Å². The zero-order valence-electron chi connectivity index (χ0n) is 16.9. The van der Waals surface area contributed by atoms with Crippen LogP contribution in [-0.2, 0) is 11.3 Å². The molecular formula is C24H27N2O3S+. The topological polar surface area (TPSA) is 52.0 Å². The average molecular weight is 424 g/mol. The summed E-state index contributed by atoms with van der Waals surface area (Å²) in [5.41, 5.74) is 1.70. The molecule has 0 unspecified atom stereocenters. The normalized spacial score (nSPS) is 15.5. The standard InChI is InChI=1S/C24H26N2O3S/c27-24(20-10-8-19(9-11-20)18-29-21-5-2-1-3-6-21)25-17-22(23-7-4-16-30-23)26-12-14-28-15-13-26/h1-11,16,22H,12-15,17-18H2,(H,25,27)/p+1/t22-/m1/s1. The fourth-order valence-corrected chi connectivity index (χ4v) is 4.54. The number of thiophene rings is 1. The van der Waals surface area contributed by atoms with Crippen molar-refractivity contribution in [2.24, 2.45) is 0 Å². The largest absolute Gasteiger partial charge is 0.489 e. The molecule has 1 atom stereocenters. The molecule has 2 aromatic carbocycles. The van der Waals surface area contributed by atoms with Crippen LogP contribution in [0.5, 0.6) is 5.75 Å². The van der Waals surface area contributed by atoms with Gasteiger partial charge < -0.3 is 19.7 Å². The third-order valence-corrected chi connectivity index (χ3v) is 6.33. The van der Waals surface area contributed by atoms with Gasteiger partial charge in [0.05, 0.1) is 24.6 Å². The molecule has 1 aliphatic heterocycles. The molecule has 30 heavy (non-hydrogen) atoms. The molecule has 4 rings (SSSR count). The number of amides is 1. The summed E-state index contributed by atoms with van der Waals surface area (Å²) in [5, 5.41) is 5.23. The van der Waals surface area contributed by atoms with Gasteiger partial charge in [-0.05, 0) is 41.3 Å². The number of nitrogens with one attached hydrogen (secondary N) is 2. The van der Waals surface area contributed by atoms with Gasteiger partial charge in [-0.15, -0.1) is 11.3 Å². The molecule has 3 aromatic rings. The summed E-state index contributed by atoms with van der Waals surface area (Å²) >= 11 is 1.75. The Morgan fingerprint density at radius 1 is 1.03 bits per heavy atom. The molecule has 0 spiro atoms. The minimum atomic E-state index is -0.0419. The Morgan fingerprint density at radius 2 is 1.80 bits per heavy atom. The molecule has 0 radical (unpaired) electrons. The van der Waals surface area contributed by atoms with Crippen LogP contribution in [0.3, 0.4) is 0 Å². The number of morpholine rings is 1. The summed E-state index contributed by atoms with van der Waals surface area (Å²) in [6, 6.07) is 21.8. The Hall–Kier alpha value is -2.67. The molecular weight excluding hydrogens is 396 g/mol. The number of carbonyl (C=O) groups is 1. The second-order valence-electron chi connectivity index (χ2n) is 7.35. The Balaban J connectivity index is 1.33. The van der Waals surface area contributed by atoms with Gasteiger partial charge in [0.1, 0.15) is 31.5 Å². The molecule has 156 valence electrons. The van der Waals surface area contributed by atoms with Gasteiger partial charge in [-0.2, -0.15) is 0 Å². The molecule has 1 aliphatic rings. The number of carbonyl (C=O) groups excluding carboxylic acids is 1. The lowest BCUT2D eigenvalue weighted by atomic mass is 10.1. The van der Waals surface area contributed by atoms with Gasteiger partial charge in [0, 0.05) is 5.56 Å². The van der Waals surface area contributed by atoms with Crippen molar-refractivity contribution in [3.8, 4) is 5.75 Å². The van der Waals surface area contributed by atoms with Crippen molar-refractivity contribution in [2.45, 2.75) is 12.6 Å². The fourth-order valence-electron chi connectivity index (χ4n) is 3.65. The van der Waals surface area contributed by atoms with E-state index < -0.39 is 0 Å². The first kappa shape index (κ1) is 20.6. The number of para-hydroxylation sites is 1. The highest BCUT2D eigenvalue weighted by Gasteiger charge is 2.27. The third-order valence-electron chi connectivity index (χ3n) is 5.35. The second kappa shape index (κ2) is 10.4. The van der Waals surface area contributed by atoms with Crippen LogP contribution >= 0.6 is 11.3 Å². The van der Waals surface area contributed by atoms with Gasteiger partial charge in [-0.25, -0.2) is 0 Å². The van der Waals surface area contributed by atoms with Crippen molar-refractivity contribution in [2.75, 3.05) is 32.8 Å². The van der Waals surface area contributed by atoms with E-state index in [0.717, 1.165) is 37.6 Å². The van der Waals surface area contributed by atoms with E-state index in [9.17, 15) is 4.79 Å². The van der Waals surface area contributed by atoms with Crippen LogP contribution in [0.25, 0.3) is 0 Å². The van der Waals surface area contributed by atoms with Crippen LogP contribution < -0.4 is 15.0 Å². The molecule has 0 saturated carbocycles. The van der Waals surface area contributed by atoms with Crippen molar-refractivity contribution < 1.29 is 19.2 Å². The summed E-state index contributed by atoms with van der Waals surface area (Å²) in [6.07, 6.45) is 0. The second-order valence-corrected chi connectivity index (χ2v) is 8.33. The van der Waals surface area contributed by atoms with E-state index in [0.29, 0.717) is 18.7 Å². The van der Waals surface area contributed by atoms with Gasteiger partial charge in [-0.3, -0.25) is 4.79 Å². The van der Waals surface area contributed by atoms with Gasteiger partial charge >= 0.3 is 0 Å². The highest BCUT2D eigenvalue weighted by Crippen LogP contribution is 2.17. The molecule has 1 saturated heterocycles. The van der Waals surface area contributed by atoms with Gasteiger partial charge in [-0.1, -0.05) is 36.4 Å². The number of hydrogen-bond donors (Lipinski definition) is 2. The maximum Gasteiger partial charge on any atom is 0.251 e. The zero-order chi connectivity index (χ0) is 20.6. The summed E-state index contributed by atoms with van der Waals surface area (Å²) < 4.78 is 11.3. The summed E-state index contributed by atoms with van der Waals surface area (Å²) in [5.74, 6) is 0.796. The van der Waals surface area contributed by atoms with Crippen molar-refractivity contribution in [1.82, 2.24) is 5.32 Å². The van der Waals surface area contributed by atoms with E-state index in [2.05, 4.69) is 22.8 Å². The minimum absolute atomic E-state index is 0.0419. The number of rotatable bonds is 8. The summed E-state index contributed by atoms with van der Waals surface area (Å²) in [7, 11) is 0. The molecule has 5 nitrogen and oxygen atoms in total. The predicted molar refractivity (Wildman–Crippen MR) is 118 cm³/mol. The van der Waals surface area contributed by atoms with Crippen LogP contribution in [-0.4, -0.2) is 38.8 Å². The SMILES string of the molecule is O=C(NC[C@H](c1cccs1)[NH+]1CCOCC1)c1ccc(COc2ccccc2)cc1. The lowest BCUT2D eigenvalue weighted by Crippen LogP contribution is -3.15.